The number of ether oxygens (including phenoxy) is 3. The van der Waals surface area contributed by atoms with Crippen molar-refractivity contribution in [2.24, 2.45) is 0 Å². The van der Waals surface area contributed by atoms with E-state index in [2.05, 4.69) is 32.7 Å². The molecule has 2 heterocycles. The van der Waals surface area contributed by atoms with Crippen molar-refractivity contribution in [1.82, 2.24) is 14.9 Å². The van der Waals surface area contributed by atoms with E-state index in [0.29, 0.717) is 23.9 Å². The number of fused-ring (bicyclic) bond motifs is 1. The second-order valence-corrected chi connectivity index (χ2v) is 7.90. The number of nitrogens with zero attached hydrogens (tertiary/aromatic N) is 3. The maximum absolute atomic E-state index is 6.39. The summed E-state index contributed by atoms with van der Waals surface area (Å²) in [4.78, 5) is 11.1. The van der Waals surface area contributed by atoms with Crippen LogP contribution in [0.1, 0.15) is 18.4 Å². The fraction of sp³-hybridized carbons (Fsp3) is 0.308. The Morgan fingerprint density at radius 1 is 1.18 bits per heavy atom. The number of hydrogen-bond donors (Lipinski definition) is 1. The van der Waals surface area contributed by atoms with Crippen molar-refractivity contribution in [2.45, 2.75) is 18.9 Å². The van der Waals surface area contributed by atoms with Gasteiger partial charge in [-0.25, -0.2) is 9.97 Å². The van der Waals surface area contributed by atoms with Crippen LogP contribution in [0.5, 0.6) is 11.5 Å². The van der Waals surface area contributed by atoms with E-state index in [1.807, 2.05) is 36.4 Å². The predicted octanol–water partition coefficient (Wildman–Crippen LogP) is 4.37. The first-order valence-corrected chi connectivity index (χ1v) is 10.9. The number of methoxy groups -OCH3 is 2. The zero-order valence-corrected chi connectivity index (χ0v) is 19.0. The Hall–Kier alpha value is -3.76. The summed E-state index contributed by atoms with van der Waals surface area (Å²) in [6.45, 7) is 6.41. The summed E-state index contributed by atoms with van der Waals surface area (Å²) < 4.78 is 17.2. The Morgan fingerprint density at radius 2 is 2.00 bits per heavy atom. The van der Waals surface area contributed by atoms with Crippen molar-refractivity contribution >= 4 is 22.4 Å². The van der Waals surface area contributed by atoms with Gasteiger partial charge in [0.25, 0.3) is 0 Å². The standard InChI is InChI=1S/C26H28N4O3/c1-5-19-7-6-8-20(13-19)29-26-22-14-25(24(32-4)15-23(22)27-17-28-26)33-21-9-11-30(12-10-21)18(2)16-31-3/h1,6-8,13-15,17,21H,2,9-12,16H2,3-4H3,(H,27,28,29). The van der Waals surface area contributed by atoms with Gasteiger partial charge in [-0.15, -0.1) is 6.42 Å². The molecule has 1 fully saturated rings. The number of benzene rings is 2. The number of terminal acetylenes is 1. The van der Waals surface area contributed by atoms with E-state index >= 15 is 0 Å². The van der Waals surface area contributed by atoms with Gasteiger partial charge in [0.05, 0.1) is 19.2 Å². The average molecular weight is 445 g/mol. The molecule has 7 nitrogen and oxygen atoms in total. The number of anilines is 2. The quantitative estimate of drug-likeness (QED) is 0.518. The van der Waals surface area contributed by atoms with Gasteiger partial charge in [-0.05, 0) is 24.3 Å². The molecular weight excluding hydrogens is 416 g/mol. The van der Waals surface area contributed by atoms with Crippen molar-refractivity contribution in [3.8, 4) is 23.8 Å². The van der Waals surface area contributed by atoms with Gasteiger partial charge in [-0.3, -0.25) is 0 Å². The highest BCUT2D eigenvalue weighted by Crippen LogP contribution is 2.36. The summed E-state index contributed by atoms with van der Waals surface area (Å²) in [5, 5.41) is 4.19. The van der Waals surface area contributed by atoms with Gasteiger partial charge >= 0.3 is 0 Å². The fourth-order valence-electron chi connectivity index (χ4n) is 3.97. The second kappa shape index (κ2) is 10.2. The van der Waals surface area contributed by atoms with Gasteiger partial charge in [0.2, 0.25) is 0 Å². The number of nitrogens with one attached hydrogen (secondary N) is 1. The van der Waals surface area contributed by atoms with E-state index in [1.165, 1.54) is 6.33 Å². The van der Waals surface area contributed by atoms with Crippen molar-refractivity contribution in [3.05, 3.63) is 60.6 Å². The second-order valence-electron chi connectivity index (χ2n) is 7.90. The molecule has 1 aromatic heterocycles. The summed E-state index contributed by atoms with van der Waals surface area (Å²) in [7, 11) is 3.32. The van der Waals surface area contributed by atoms with Gasteiger partial charge in [0.1, 0.15) is 18.2 Å². The highest BCUT2D eigenvalue weighted by atomic mass is 16.5. The molecule has 0 unspecified atom stereocenters. The molecule has 0 spiro atoms. The van der Waals surface area contributed by atoms with Crippen molar-refractivity contribution in [3.63, 3.8) is 0 Å². The minimum atomic E-state index is 0.0799. The van der Waals surface area contributed by atoms with Gasteiger partial charge in [-0.2, -0.15) is 0 Å². The normalized spacial score (nSPS) is 14.0. The number of piperidine rings is 1. The summed E-state index contributed by atoms with van der Waals surface area (Å²) in [5.74, 6) is 4.65. The minimum absolute atomic E-state index is 0.0799. The molecule has 1 saturated heterocycles. The van der Waals surface area contributed by atoms with Crippen molar-refractivity contribution < 1.29 is 14.2 Å². The van der Waals surface area contributed by atoms with Gasteiger partial charge < -0.3 is 24.4 Å². The highest BCUT2D eigenvalue weighted by molar-refractivity contribution is 5.93. The van der Waals surface area contributed by atoms with E-state index < -0.39 is 0 Å². The lowest BCUT2D eigenvalue weighted by atomic mass is 10.1. The number of likely N-dealkylation sites (tertiary alicyclic amines) is 1. The predicted molar refractivity (Wildman–Crippen MR) is 130 cm³/mol. The fourth-order valence-corrected chi connectivity index (χ4v) is 3.97. The largest absolute Gasteiger partial charge is 0.493 e. The van der Waals surface area contributed by atoms with Crippen LogP contribution >= 0.6 is 0 Å². The molecule has 0 aliphatic carbocycles. The first-order valence-electron chi connectivity index (χ1n) is 10.9. The molecule has 2 aromatic carbocycles. The van der Waals surface area contributed by atoms with Gasteiger partial charge in [0, 0.05) is 61.4 Å². The monoisotopic (exact) mass is 444 g/mol. The zero-order valence-electron chi connectivity index (χ0n) is 19.0. The maximum Gasteiger partial charge on any atom is 0.162 e. The third kappa shape index (κ3) is 5.18. The Bertz CT molecular complexity index is 1180. The molecule has 0 bridgehead atoms. The van der Waals surface area contributed by atoms with E-state index in [9.17, 15) is 0 Å². The first-order chi connectivity index (χ1) is 16.1. The molecule has 3 aromatic rings. The van der Waals surface area contributed by atoms with Crippen LogP contribution in [0.3, 0.4) is 0 Å². The van der Waals surface area contributed by atoms with Crippen molar-refractivity contribution in [1.29, 1.82) is 0 Å². The highest BCUT2D eigenvalue weighted by Gasteiger charge is 2.23. The van der Waals surface area contributed by atoms with Crippen molar-refractivity contribution in [2.75, 3.05) is 39.2 Å². The number of hydrogen-bond acceptors (Lipinski definition) is 7. The maximum atomic E-state index is 6.39. The van der Waals surface area contributed by atoms with Crippen LogP contribution in [0.15, 0.2) is 55.0 Å². The summed E-state index contributed by atoms with van der Waals surface area (Å²) in [6.07, 6.45) is 8.92. The molecule has 0 atom stereocenters. The van der Waals surface area contributed by atoms with Crippen LogP contribution in [-0.2, 0) is 4.74 Å². The Labute approximate surface area is 194 Å². The zero-order chi connectivity index (χ0) is 23.2. The molecule has 1 aliphatic heterocycles. The molecule has 7 heteroatoms. The van der Waals surface area contributed by atoms with E-state index in [-0.39, 0.29) is 6.10 Å². The topological polar surface area (TPSA) is 68.7 Å². The molecule has 1 N–H and O–H groups in total. The molecule has 33 heavy (non-hydrogen) atoms. The number of aromatic nitrogens is 2. The van der Waals surface area contributed by atoms with Gasteiger partial charge in [-0.1, -0.05) is 18.6 Å². The molecule has 4 rings (SSSR count). The van der Waals surface area contributed by atoms with Crippen LogP contribution in [0.4, 0.5) is 11.5 Å². The lowest BCUT2D eigenvalue weighted by molar-refractivity contribution is 0.102. The van der Waals surface area contributed by atoms with Crippen LogP contribution in [0.25, 0.3) is 10.9 Å². The molecule has 0 amide bonds. The lowest BCUT2D eigenvalue weighted by Crippen LogP contribution is -2.38. The molecule has 170 valence electrons. The average Bonchev–Trinajstić information content (AvgIpc) is 2.84. The Morgan fingerprint density at radius 3 is 2.73 bits per heavy atom. The third-order valence-electron chi connectivity index (χ3n) is 5.71. The van der Waals surface area contributed by atoms with E-state index in [0.717, 1.165) is 53.8 Å². The van der Waals surface area contributed by atoms with Crippen LogP contribution in [-0.4, -0.2) is 54.9 Å². The smallest absolute Gasteiger partial charge is 0.162 e. The summed E-state index contributed by atoms with van der Waals surface area (Å²) >= 11 is 0. The van der Waals surface area contributed by atoms with Gasteiger partial charge in [0.15, 0.2) is 11.5 Å². The summed E-state index contributed by atoms with van der Waals surface area (Å²) in [5.41, 5.74) is 3.41. The Kier molecular flexibility index (Phi) is 6.96. The summed E-state index contributed by atoms with van der Waals surface area (Å²) in [6, 6.07) is 11.5. The third-order valence-corrected chi connectivity index (χ3v) is 5.71. The SMILES string of the molecule is C#Cc1cccc(Nc2ncnc3cc(OC)c(OC4CCN(C(=C)COC)CC4)cc23)c1. The molecular formula is C26H28N4O3. The molecule has 0 radical (unpaired) electrons. The van der Waals surface area contributed by atoms with E-state index in [4.69, 9.17) is 20.6 Å². The van der Waals surface area contributed by atoms with Crippen LogP contribution in [0.2, 0.25) is 0 Å². The first kappa shape index (κ1) is 22.4. The minimum Gasteiger partial charge on any atom is -0.493 e. The number of rotatable bonds is 8. The lowest BCUT2D eigenvalue weighted by Gasteiger charge is -2.34. The molecule has 0 saturated carbocycles. The Balaban J connectivity index is 1.56. The van der Waals surface area contributed by atoms with Crippen LogP contribution < -0.4 is 14.8 Å². The molecule has 1 aliphatic rings. The van der Waals surface area contributed by atoms with Crippen LogP contribution in [0, 0.1) is 12.3 Å². The van der Waals surface area contributed by atoms with E-state index in [1.54, 1.807) is 14.2 Å².